The van der Waals surface area contributed by atoms with Crippen LogP contribution < -0.4 is 4.90 Å². The summed E-state index contributed by atoms with van der Waals surface area (Å²) >= 11 is 0. The predicted molar refractivity (Wildman–Crippen MR) is 120 cm³/mol. The molecular formula is C23H35NO8. The number of hydrogen-bond donors (Lipinski definition) is 0. The number of amides is 1. The van der Waals surface area contributed by atoms with Crippen LogP contribution in [0.1, 0.15) is 72.7 Å². The van der Waals surface area contributed by atoms with E-state index in [1.807, 2.05) is 0 Å². The molecule has 1 aromatic carbocycles. The molecule has 180 valence electrons. The number of anilines is 1. The van der Waals surface area contributed by atoms with E-state index < -0.39 is 35.2 Å². The van der Waals surface area contributed by atoms with Crippen molar-refractivity contribution in [2.75, 3.05) is 11.9 Å². The Balaban J connectivity index is 0.000000607. The van der Waals surface area contributed by atoms with Gasteiger partial charge in [0.25, 0.3) is 0 Å². The van der Waals surface area contributed by atoms with Gasteiger partial charge in [0.15, 0.2) is 0 Å². The van der Waals surface area contributed by atoms with Gasteiger partial charge in [0.05, 0.1) is 0 Å². The first-order valence-electron chi connectivity index (χ1n) is 9.99. The smallest absolute Gasteiger partial charge is 0.443 e. The maximum Gasteiger partial charge on any atom is 0.519 e. The zero-order valence-corrected chi connectivity index (χ0v) is 20.6. The van der Waals surface area contributed by atoms with Crippen LogP contribution in [0.4, 0.5) is 20.1 Å². The van der Waals surface area contributed by atoms with Crippen LogP contribution in [0.5, 0.6) is 0 Å². The molecule has 0 heterocycles. The number of ether oxygens (including phenoxy) is 4. The highest BCUT2D eigenvalue weighted by atomic mass is 16.8. The summed E-state index contributed by atoms with van der Waals surface area (Å²) in [5.74, 6) is 0. The van der Waals surface area contributed by atoms with Crippen LogP contribution >= 0.6 is 0 Å². The van der Waals surface area contributed by atoms with E-state index in [0.29, 0.717) is 11.3 Å². The number of carbonyl (C=O) groups is 4. The van der Waals surface area contributed by atoms with E-state index >= 15 is 0 Å². The minimum atomic E-state index is -1.06. The number of nitrogens with zero attached hydrogens (tertiary/aromatic N) is 1. The van der Waals surface area contributed by atoms with Crippen LogP contribution in [0.25, 0.3) is 0 Å². The average Bonchev–Trinajstić information content (AvgIpc) is 2.56. The van der Waals surface area contributed by atoms with Crippen molar-refractivity contribution in [2.45, 2.75) is 79.1 Å². The molecule has 0 spiro atoms. The fourth-order valence-corrected chi connectivity index (χ4v) is 1.85. The minimum absolute atomic E-state index is 0.444. The van der Waals surface area contributed by atoms with Gasteiger partial charge in [0.2, 0.25) is 0 Å². The Morgan fingerprint density at radius 3 is 1.59 bits per heavy atom. The van der Waals surface area contributed by atoms with Crippen molar-refractivity contribution in [3.63, 3.8) is 0 Å². The first-order valence-corrected chi connectivity index (χ1v) is 9.99. The van der Waals surface area contributed by atoms with Crippen molar-refractivity contribution in [1.29, 1.82) is 0 Å². The highest BCUT2D eigenvalue weighted by Crippen LogP contribution is 2.17. The van der Waals surface area contributed by atoms with Crippen molar-refractivity contribution in [3.05, 3.63) is 29.8 Å². The third-order valence-electron chi connectivity index (χ3n) is 3.01. The van der Waals surface area contributed by atoms with Crippen LogP contribution in [0.3, 0.4) is 0 Å². The minimum Gasteiger partial charge on any atom is -0.443 e. The van der Waals surface area contributed by atoms with Gasteiger partial charge in [-0.1, -0.05) is 12.1 Å². The summed E-state index contributed by atoms with van der Waals surface area (Å²) < 4.78 is 19.0. The number of rotatable bonds is 2. The lowest BCUT2D eigenvalue weighted by atomic mass is 10.2. The zero-order valence-electron chi connectivity index (χ0n) is 20.6. The Bertz CT molecular complexity index is 771. The molecule has 0 aliphatic rings. The van der Waals surface area contributed by atoms with E-state index in [4.69, 9.17) is 14.2 Å². The lowest BCUT2D eigenvalue weighted by molar-refractivity contribution is -0.0294. The third kappa shape index (κ3) is 14.0. The van der Waals surface area contributed by atoms with Gasteiger partial charge in [-0.15, -0.1) is 0 Å². The van der Waals surface area contributed by atoms with Gasteiger partial charge < -0.3 is 18.9 Å². The van der Waals surface area contributed by atoms with Gasteiger partial charge in [0, 0.05) is 18.3 Å². The molecule has 0 unspecified atom stereocenters. The number of carbonyl (C=O) groups excluding carboxylic acids is 4. The summed E-state index contributed by atoms with van der Waals surface area (Å²) in [5, 5.41) is 0. The quantitative estimate of drug-likeness (QED) is 0.241. The molecule has 0 saturated carbocycles. The summed E-state index contributed by atoms with van der Waals surface area (Å²) in [6.45, 7) is 15.4. The Kier molecular flexibility index (Phi) is 10.4. The van der Waals surface area contributed by atoms with Crippen LogP contribution in [0.15, 0.2) is 24.3 Å². The molecule has 1 aromatic rings. The van der Waals surface area contributed by atoms with Crippen LogP contribution in [-0.4, -0.2) is 48.5 Å². The van der Waals surface area contributed by atoms with E-state index in [0.717, 1.165) is 6.29 Å². The van der Waals surface area contributed by atoms with E-state index in [2.05, 4.69) is 4.74 Å². The summed E-state index contributed by atoms with van der Waals surface area (Å²) in [5.41, 5.74) is -0.770. The van der Waals surface area contributed by atoms with E-state index in [-0.39, 0.29) is 0 Å². The summed E-state index contributed by atoms with van der Waals surface area (Å²) in [6, 6.07) is 6.78. The van der Waals surface area contributed by atoms with Crippen LogP contribution in [-0.2, 0) is 18.9 Å². The second-order valence-corrected chi connectivity index (χ2v) is 9.78. The standard InChI is InChI=1S/C13H17NO3.C10H18O5/c1-13(2,3)17-12(16)14(4)11-7-5-6-10(8-11)9-15;1-9(2,3)14-7(11)13-8(12)15-10(4,5)6/h5-9H,1-4H3;1-6H3. The normalized spacial score (nSPS) is 11.3. The fraction of sp³-hybridized carbons (Fsp3) is 0.565. The second-order valence-electron chi connectivity index (χ2n) is 9.78. The Morgan fingerprint density at radius 2 is 1.22 bits per heavy atom. The molecule has 9 nitrogen and oxygen atoms in total. The fourth-order valence-electron chi connectivity index (χ4n) is 1.85. The molecule has 0 aliphatic heterocycles. The van der Waals surface area contributed by atoms with Crippen molar-refractivity contribution in [1.82, 2.24) is 0 Å². The summed E-state index contributed by atoms with van der Waals surface area (Å²) in [6.07, 6.45) is -1.82. The number of aldehydes is 1. The van der Waals surface area contributed by atoms with Gasteiger partial charge in [0.1, 0.15) is 23.1 Å². The van der Waals surface area contributed by atoms with Gasteiger partial charge in [-0.3, -0.25) is 9.69 Å². The SMILES string of the molecule is CC(C)(C)OC(=O)OC(=O)OC(C)(C)C.CN(C(=O)OC(C)(C)C)c1cccc(C=O)c1. The molecule has 0 atom stereocenters. The van der Waals surface area contributed by atoms with Crippen molar-refractivity contribution in [2.24, 2.45) is 0 Å². The van der Waals surface area contributed by atoms with Crippen LogP contribution in [0, 0.1) is 0 Å². The number of hydrogen-bond acceptors (Lipinski definition) is 8. The third-order valence-corrected chi connectivity index (χ3v) is 3.01. The molecule has 0 radical (unpaired) electrons. The first-order chi connectivity index (χ1) is 14.3. The monoisotopic (exact) mass is 453 g/mol. The predicted octanol–water partition coefficient (Wildman–Crippen LogP) is 5.74. The van der Waals surface area contributed by atoms with Crippen molar-refractivity contribution < 1.29 is 38.1 Å². The zero-order chi connectivity index (χ0) is 25.3. The molecule has 0 bridgehead atoms. The van der Waals surface area contributed by atoms with E-state index in [1.54, 1.807) is 93.6 Å². The highest BCUT2D eigenvalue weighted by Gasteiger charge is 2.24. The molecular weight excluding hydrogens is 418 g/mol. The van der Waals surface area contributed by atoms with E-state index in [1.165, 1.54) is 4.90 Å². The molecule has 1 rings (SSSR count). The highest BCUT2D eigenvalue weighted by molar-refractivity contribution is 5.89. The molecule has 0 aromatic heterocycles. The first kappa shape index (κ1) is 28.9. The second kappa shape index (κ2) is 11.5. The van der Waals surface area contributed by atoms with Crippen molar-refractivity contribution in [3.8, 4) is 0 Å². The van der Waals surface area contributed by atoms with Crippen LogP contribution in [0.2, 0.25) is 0 Å². The summed E-state index contributed by atoms with van der Waals surface area (Å²) in [4.78, 5) is 45.8. The molecule has 0 fully saturated rings. The van der Waals surface area contributed by atoms with Gasteiger partial charge in [-0.2, -0.15) is 0 Å². The Hall–Kier alpha value is -3.10. The average molecular weight is 454 g/mol. The molecule has 0 aliphatic carbocycles. The Morgan fingerprint density at radius 1 is 0.781 bits per heavy atom. The molecule has 0 N–H and O–H groups in total. The Labute approximate surface area is 190 Å². The molecule has 1 amide bonds. The van der Waals surface area contributed by atoms with Gasteiger partial charge in [-0.05, 0) is 74.4 Å². The maximum absolute atomic E-state index is 11.8. The van der Waals surface area contributed by atoms with Gasteiger partial charge >= 0.3 is 18.4 Å². The maximum atomic E-state index is 11.8. The summed E-state index contributed by atoms with van der Waals surface area (Å²) in [7, 11) is 1.61. The van der Waals surface area contributed by atoms with Gasteiger partial charge in [-0.25, -0.2) is 14.4 Å². The van der Waals surface area contributed by atoms with E-state index in [9.17, 15) is 19.2 Å². The number of benzene rings is 1. The molecule has 9 heteroatoms. The topological polar surface area (TPSA) is 108 Å². The lowest BCUT2D eigenvalue weighted by Gasteiger charge is -2.24. The molecule has 0 saturated heterocycles. The largest absolute Gasteiger partial charge is 0.519 e. The van der Waals surface area contributed by atoms with Crippen molar-refractivity contribution >= 4 is 30.4 Å². The lowest BCUT2D eigenvalue weighted by Crippen LogP contribution is -2.34. The molecule has 32 heavy (non-hydrogen) atoms.